The van der Waals surface area contributed by atoms with Gasteiger partial charge in [0.2, 0.25) is 0 Å². The molecule has 0 radical (unpaired) electrons. The van der Waals surface area contributed by atoms with Crippen LogP contribution >= 0.6 is 24.0 Å². The van der Waals surface area contributed by atoms with E-state index in [0.29, 0.717) is 12.6 Å². The molecule has 0 aliphatic heterocycles. The second-order valence-corrected chi connectivity index (χ2v) is 6.68. The van der Waals surface area contributed by atoms with Crippen LogP contribution < -0.4 is 10.6 Å². The molecule has 0 saturated carbocycles. The maximum absolute atomic E-state index is 4.63. The second-order valence-electron chi connectivity index (χ2n) is 6.68. The molecule has 1 unspecified atom stereocenters. The number of halogens is 1. The fraction of sp³-hybridized carbons (Fsp3) is 0.500. The van der Waals surface area contributed by atoms with Gasteiger partial charge >= 0.3 is 0 Å². The summed E-state index contributed by atoms with van der Waals surface area (Å²) < 4.78 is 1.80. The molecule has 0 spiro atoms. The first-order valence-corrected chi connectivity index (χ1v) is 9.32. The lowest BCUT2D eigenvalue weighted by Crippen LogP contribution is -2.40. The van der Waals surface area contributed by atoms with Crippen LogP contribution in [-0.2, 0) is 20.1 Å². The van der Waals surface area contributed by atoms with Crippen LogP contribution in [0.15, 0.2) is 47.7 Å². The molecule has 1 heterocycles. The number of hydrogen-bond donors (Lipinski definition) is 2. The van der Waals surface area contributed by atoms with Crippen LogP contribution in [0.1, 0.15) is 31.4 Å². The van der Waals surface area contributed by atoms with E-state index in [-0.39, 0.29) is 24.0 Å². The van der Waals surface area contributed by atoms with E-state index in [1.54, 1.807) is 4.68 Å². The van der Waals surface area contributed by atoms with Gasteiger partial charge in [0.05, 0.1) is 12.7 Å². The van der Waals surface area contributed by atoms with E-state index < -0.39 is 0 Å². The van der Waals surface area contributed by atoms with Gasteiger partial charge < -0.3 is 10.6 Å². The lowest BCUT2D eigenvalue weighted by atomic mass is 10.1. The zero-order valence-corrected chi connectivity index (χ0v) is 19.2. The summed E-state index contributed by atoms with van der Waals surface area (Å²) in [6.07, 6.45) is 4.90. The molecule has 150 valence electrons. The van der Waals surface area contributed by atoms with Crippen molar-refractivity contribution in [1.82, 2.24) is 25.3 Å². The molecule has 0 amide bonds. The Bertz CT molecular complexity index is 670. The third-order valence-corrected chi connectivity index (χ3v) is 4.40. The summed E-state index contributed by atoms with van der Waals surface area (Å²) in [6, 6.07) is 11.1. The maximum atomic E-state index is 4.63. The predicted octanol–water partition coefficient (Wildman–Crippen LogP) is 3.00. The van der Waals surface area contributed by atoms with Crippen molar-refractivity contribution in [2.45, 2.75) is 39.4 Å². The predicted molar refractivity (Wildman–Crippen MR) is 123 cm³/mol. The number of aromatic nitrogens is 2. The molecular formula is C20H33IN6. The average Bonchev–Trinajstić information content (AvgIpc) is 3.05. The molecule has 0 bridgehead atoms. The number of nitrogens with zero attached hydrogens (tertiary/aromatic N) is 4. The number of nitrogens with one attached hydrogen (secondary N) is 2. The molecule has 6 nitrogen and oxygen atoms in total. The highest BCUT2D eigenvalue weighted by atomic mass is 127. The van der Waals surface area contributed by atoms with Crippen molar-refractivity contribution in [2.75, 3.05) is 20.1 Å². The minimum atomic E-state index is 0. The fourth-order valence-electron chi connectivity index (χ4n) is 2.71. The van der Waals surface area contributed by atoms with E-state index in [1.807, 2.05) is 19.4 Å². The molecule has 0 saturated heterocycles. The van der Waals surface area contributed by atoms with Crippen LogP contribution in [0.25, 0.3) is 0 Å². The van der Waals surface area contributed by atoms with Crippen molar-refractivity contribution in [3.05, 3.63) is 53.9 Å². The van der Waals surface area contributed by atoms with Gasteiger partial charge in [0.1, 0.15) is 0 Å². The molecule has 1 aromatic heterocycles. The molecule has 27 heavy (non-hydrogen) atoms. The largest absolute Gasteiger partial charge is 0.357 e. The monoisotopic (exact) mass is 484 g/mol. The Labute approximate surface area is 180 Å². The van der Waals surface area contributed by atoms with Crippen molar-refractivity contribution < 1.29 is 0 Å². The number of rotatable bonds is 9. The molecule has 2 rings (SSSR count). The molecule has 0 fully saturated rings. The Morgan fingerprint density at radius 2 is 1.96 bits per heavy atom. The Morgan fingerprint density at radius 3 is 2.59 bits per heavy atom. The number of benzene rings is 1. The summed E-state index contributed by atoms with van der Waals surface area (Å²) in [6.45, 7) is 7.69. The van der Waals surface area contributed by atoms with Crippen molar-refractivity contribution >= 4 is 29.9 Å². The van der Waals surface area contributed by atoms with Gasteiger partial charge in [-0.25, -0.2) is 4.99 Å². The maximum Gasteiger partial charge on any atom is 0.191 e. The van der Waals surface area contributed by atoms with E-state index in [9.17, 15) is 0 Å². The van der Waals surface area contributed by atoms with Gasteiger partial charge in [-0.05, 0) is 32.9 Å². The van der Waals surface area contributed by atoms with Gasteiger partial charge in [-0.15, -0.1) is 24.0 Å². The van der Waals surface area contributed by atoms with Gasteiger partial charge in [0.25, 0.3) is 0 Å². The zero-order chi connectivity index (χ0) is 18.8. The standard InChI is InChI=1S/C20H32N6.HI/c1-5-21-20(23-13-19-14-24-26(4)16-19)22-12-11-17(2)25(3)15-18-9-7-6-8-10-18;/h6-10,14,16-17H,5,11-13,15H2,1-4H3,(H2,21,22,23);1H. The van der Waals surface area contributed by atoms with E-state index in [2.05, 4.69) is 76.9 Å². The molecule has 1 aromatic carbocycles. The van der Waals surface area contributed by atoms with Gasteiger partial charge in [0.15, 0.2) is 5.96 Å². The second kappa shape index (κ2) is 12.7. The number of guanidine groups is 1. The van der Waals surface area contributed by atoms with Crippen molar-refractivity contribution in [2.24, 2.45) is 12.0 Å². The first kappa shape index (κ1) is 23.4. The number of aryl methyl sites for hydroxylation is 1. The normalized spacial score (nSPS) is 12.6. The van der Waals surface area contributed by atoms with Crippen LogP contribution in [0.2, 0.25) is 0 Å². The number of aliphatic imine (C=N–C) groups is 1. The summed E-state index contributed by atoms with van der Waals surface area (Å²) in [5, 5.41) is 10.9. The summed E-state index contributed by atoms with van der Waals surface area (Å²) in [5.74, 6) is 0.856. The van der Waals surface area contributed by atoms with Crippen LogP contribution in [0.3, 0.4) is 0 Å². The summed E-state index contributed by atoms with van der Waals surface area (Å²) >= 11 is 0. The van der Waals surface area contributed by atoms with Gasteiger partial charge in [-0.3, -0.25) is 9.58 Å². The molecule has 0 aliphatic rings. The Hall–Kier alpha value is -1.61. The van der Waals surface area contributed by atoms with Gasteiger partial charge in [-0.2, -0.15) is 5.10 Å². The zero-order valence-electron chi connectivity index (χ0n) is 16.9. The smallest absolute Gasteiger partial charge is 0.191 e. The lowest BCUT2D eigenvalue weighted by Gasteiger charge is -2.25. The Kier molecular flexibility index (Phi) is 11.0. The van der Waals surface area contributed by atoms with Gasteiger partial charge in [-0.1, -0.05) is 30.3 Å². The lowest BCUT2D eigenvalue weighted by molar-refractivity contribution is 0.238. The van der Waals surface area contributed by atoms with E-state index in [4.69, 9.17) is 0 Å². The minimum Gasteiger partial charge on any atom is -0.357 e. The van der Waals surface area contributed by atoms with Crippen molar-refractivity contribution in [1.29, 1.82) is 0 Å². The SMILES string of the molecule is CCNC(=NCc1cnn(C)c1)NCCC(C)N(C)Cc1ccccc1.I. The topological polar surface area (TPSA) is 57.5 Å². The first-order chi connectivity index (χ1) is 12.6. The molecule has 1 atom stereocenters. The molecule has 2 aromatic rings. The van der Waals surface area contributed by atoms with E-state index in [0.717, 1.165) is 37.6 Å². The van der Waals surface area contributed by atoms with Gasteiger partial charge in [0, 0.05) is 44.5 Å². The summed E-state index contributed by atoms with van der Waals surface area (Å²) in [4.78, 5) is 7.02. The quantitative estimate of drug-likeness (QED) is 0.327. The fourth-order valence-corrected chi connectivity index (χ4v) is 2.71. The third-order valence-electron chi connectivity index (χ3n) is 4.40. The highest BCUT2D eigenvalue weighted by Crippen LogP contribution is 2.07. The molecule has 7 heteroatoms. The van der Waals surface area contributed by atoms with Crippen LogP contribution in [0.4, 0.5) is 0 Å². The van der Waals surface area contributed by atoms with Crippen LogP contribution in [-0.4, -0.2) is 46.8 Å². The van der Waals surface area contributed by atoms with Crippen LogP contribution in [0.5, 0.6) is 0 Å². The minimum absolute atomic E-state index is 0. The summed E-state index contributed by atoms with van der Waals surface area (Å²) in [5.41, 5.74) is 2.46. The first-order valence-electron chi connectivity index (χ1n) is 9.32. The third kappa shape index (κ3) is 8.75. The highest BCUT2D eigenvalue weighted by Gasteiger charge is 2.09. The molecule has 2 N–H and O–H groups in total. The van der Waals surface area contributed by atoms with Crippen LogP contribution in [0, 0.1) is 0 Å². The molecular weight excluding hydrogens is 451 g/mol. The van der Waals surface area contributed by atoms with E-state index in [1.165, 1.54) is 5.56 Å². The summed E-state index contributed by atoms with van der Waals surface area (Å²) in [7, 11) is 4.10. The highest BCUT2D eigenvalue weighted by molar-refractivity contribution is 14.0. The Balaban J connectivity index is 0.00000364. The van der Waals surface area contributed by atoms with E-state index >= 15 is 0 Å². The number of hydrogen-bond acceptors (Lipinski definition) is 3. The van der Waals surface area contributed by atoms with Crippen molar-refractivity contribution in [3.63, 3.8) is 0 Å². The van der Waals surface area contributed by atoms with Crippen molar-refractivity contribution in [3.8, 4) is 0 Å². The average molecular weight is 484 g/mol. The Morgan fingerprint density at radius 1 is 1.22 bits per heavy atom. The molecule has 0 aliphatic carbocycles.